The fourth-order valence-electron chi connectivity index (χ4n) is 10.1. The lowest BCUT2D eigenvalue weighted by molar-refractivity contribution is -0.870. The van der Waals surface area contributed by atoms with Crippen molar-refractivity contribution in [1.29, 1.82) is 0 Å². The van der Waals surface area contributed by atoms with Gasteiger partial charge in [0.2, 0.25) is 5.91 Å². The summed E-state index contributed by atoms with van der Waals surface area (Å²) in [7, 11) is 1.59. The fourth-order valence-corrected chi connectivity index (χ4v) is 10.9. The number of rotatable bonds is 62. The quantitative estimate of drug-likeness (QED) is 0.0243. The van der Waals surface area contributed by atoms with Crippen molar-refractivity contribution in [1.82, 2.24) is 5.32 Å². The number of nitrogens with zero attached hydrogens (tertiary/aromatic N) is 1. The molecule has 450 valence electrons. The van der Waals surface area contributed by atoms with Crippen LogP contribution in [0.2, 0.25) is 0 Å². The minimum atomic E-state index is -4.34. The molecule has 0 bridgehead atoms. The van der Waals surface area contributed by atoms with Crippen LogP contribution in [0.1, 0.15) is 335 Å². The van der Waals surface area contributed by atoms with E-state index in [4.69, 9.17) is 9.05 Å². The number of carbonyl (C=O) groups excluding carboxylic acids is 1. The third kappa shape index (κ3) is 60.4. The topological polar surface area (TPSA) is 105 Å². The minimum Gasteiger partial charge on any atom is -0.387 e. The van der Waals surface area contributed by atoms with Gasteiger partial charge in [-0.3, -0.25) is 13.8 Å². The van der Waals surface area contributed by atoms with Gasteiger partial charge < -0.3 is 19.8 Å². The number of phosphoric ester groups is 1. The van der Waals surface area contributed by atoms with Crippen LogP contribution in [0.25, 0.3) is 0 Å². The van der Waals surface area contributed by atoms with Gasteiger partial charge in [0.1, 0.15) is 13.2 Å². The van der Waals surface area contributed by atoms with E-state index in [-0.39, 0.29) is 19.1 Å². The van der Waals surface area contributed by atoms with E-state index in [9.17, 15) is 19.4 Å². The maximum absolute atomic E-state index is 13.0. The molecule has 3 unspecified atom stereocenters. The zero-order chi connectivity index (χ0) is 55.6. The van der Waals surface area contributed by atoms with Gasteiger partial charge >= 0.3 is 7.82 Å². The highest BCUT2D eigenvalue weighted by atomic mass is 31.2. The number of hydrogen-bond donors (Lipinski definition) is 3. The second-order valence-corrected chi connectivity index (χ2v) is 25.7. The number of allylic oxidation sites excluding steroid dienone is 5. The molecule has 0 fully saturated rings. The van der Waals surface area contributed by atoms with Crippen molar-refractivity contribution in [2.75, 3.05) is 40.9 Å². The normalized spacial score (nSPS) is 13.9. The monoisotopic (exact) mass is 1090 g/mol. The van der Waals surface area contributed by atoms with Crippen molar-refractivity contribution in [2.45, 2.75) is 347 Å². The zero-order valence-corrected chi connectivity index (χ0v) is 52.4. The maximum Gasteiger partial charge on any atom is 0.472 e. The van der Waals surface area contributed by atoms with E-state index in [1.807, 2.05) is 27.2 Å². The number of phosphoric acid groups is 1. The van der Waals surface area contributed by atoms with Crippen molar-refractivity contribution in [3.05, 3.63) is 36.5 Å². The molecule has 8 nitrogen and oxygen atoms in total. The first-order chi connectivity index (χ1) is 37.0. The van der Waals surface area contributed by atoms with Crippen LogP contribution in [0.15, 0.2) is 36.5 Å². The third-order valence-corrected chi connectivity index (χ3v) is 16.3. The van der Waals surface area contributed by atoms with Crippen LogP contribution < -0.4 is 5.32 Å². The van der Waals surface area contributed by atoms with Crippen LogP contribution in [0.4, 0.5) is 0 Å². The number of nitrogens with one attached hydrogen (secondary N) is 1. The van der Waals surface area contributed by atoms with Crippen LogP contribution in [0.5, 0.6) is 0 Å². The van der Waals surface area contributed by atoms with Crippen LogP contribution >= 0.6 is 7.82 Å². The van der Waals surface area contributed by atoms with Gasteiger partial charge in [0.15, 0.2) is 0 Å². The second kappa shape index (κ2) is 58.4. The number of unbranched alkanes of at least 4 members (excludes halogenated alkanes) is 45. The van der Waals surface area contributed by atoms with Gasteiger partial charge in [0, 0.05) is 6.42 Å². The summed E-state index contributed by atoms with van der Waals surface area (Å²) in [6, 6.07) is -0.844. The van der Waals surface area contributed by atoms with Gasteiger partial charge in [-0.25, -0.2) is 4.57 Å². The van der Waals surface area contributed by atoms with Crippen LogP contribution in [0, 0.1) is 0 Å². The number of hydrogen-bond acceptors (Lipinski definition) is 5. The lowest BCUT2D eigenvalue weighted by Crippen LogP contribution is -2.45. The number of likely N-dealkylation sites (N-methyl/N-ethyl adjacent to an activating group) is 1. The molecule has 0 aromatic heterocycles. The second-order valence-electron chi connectivity index (χ2n) is 24.2. The summed E-state index contributed by atoms with van der Waals surface area (Å²) in [6.45, 7) is 4.84. The van der Waals surface area contributed by atoms with Crippen LogP contribution in [-0.2, 0) is 18.4 Å². The van der Waals surface area contributed by atoms with Crippen molar-refractivity contribution in [2.24, 2.45) is 0 Å². The Labute approximate surface area is 474 Å². The zero-order valence-electron chi connectivity index (χ0n) is 51.5. The van der Waals surface area contributed by atoms with E-state index in [2.05, 4.69) is 43.5 Å². The first-order valence-corrected chi connectivity index (χ1v) is 34.9. The molecule has 0 spiro atoms. The summed E-state index contributed by atoms with van der Waals surface area (Å²) < 4.78 is 23.7. The molecule has 0 aromatic carbocycles. The van der Waals surface area contributed by atoms with Gasteiger partial charge in [-0.1, -0.05) is 314 Å². The van der Waals surface area contributed by atoms with Gasteiger partial charge in [0.25, 0.3) is 0 Å². The van der Waals surface area contributed by atoms with Crippen molar-refractivity contribution in [3.63, 3.8) is 0 Å². The lowest BCUT2D eigenvalue weighted by atomic mass is 10.0. The molecule has 0 radical (unpaired) electrons. The molecule has 0 saturated carbocycles. The van der Waals surface area contributed by atoms with E-state index < -0.39 is 20.0 Å². The summed E-state index contributed by atoms with van der Waals surface area (Å²) in [5.41, 5.74) is 0. The Hall–Kier alpha value is -1.28. The molecular weight excluding hydrogens is 960 g/mol. The third-order valence-electron chi connectivity index (χ3n) is 15.4. The standard InChI is InChI=1S/C67H131N2O6P/c1-6-8-10-12-14-16-18-20-22-23-24-25-26-27-28-29-30-31-32-33-34-35-36-37-38-39-40-41-42-43-44-45-47-49-51-53-55-57-59-61-67(71)68-65(64-75-76(72,73)74-63-62-69(3,4)5)66(70)60-58-56-54-52-50-48-46-21-19-17-15-13-11-9-7-2/h18,20,23-24,58,60,65-66,70H,6-17,19,21-22,25-57,59,61-64H2,1-5H3,(H-,68,71,72,73)/p+1/b20-18-,24-23-,60-58+. The number of aliphatic hydroxyl groups is 1. The Balaban J connectivity index is 3.88. The summed E-state index contributed by atoms with van der Waals surface area (Å²) in [5.74, 6) is -0.171. The Bertz CT molecular complexity index is 1330. The SMILES string of the molecule is CCCCCCC/C=C\C/C=C\CCCCCCCCCCCCCCCCCCCCCCCCCCCCCC(=O)NC(COP(=O)(O)OCC[N+](C)(C)C)C(O)/C=C/CCCCCCCCCCCCCCC. The molecule has 0 rings (SSSR count). The summed E-state index contributed by atoms with van der Waals surface area (Å²) >= 11 is 0. The molecule has 3 atom stereocenters. The molecule has 0 aliphatic heterocycles. The van der Waals surface area contributed by atoms with Crippen LogP contribution in [-0.4, -0.2) is 73.4 Å². The Kier molecular flexibility index (Phi) is 57.4. The summed E-state index contributed by atoms with van der Waals surface area (Å²) in [6.07, 6.45) is 77.2. The van der Waals surface area contributed by atoms with Gasteiger partial charge in [-0.2, -0.15) is 0 Å². The number of carbonyl (C=O) groups is 1. The first kappa shape index (κ1) is 74.7. The Morgan fingerprint density at radius 3 is 1.08 bits per heavy atom. The molecule has 9 heteroatoms. The highest BCUT2D eigenvalue weighted by molar-refractivity contribution is 7.47. The van der Waals surface area contributed by atoms with E-state index in [1.165, 1.54) is 270 Å². The number of aliphatic hydroxyl groups excluding tert-OH is 1. The van der Waals surface area contributed by atoms with Gasteiger partial charge in [-0.05, 0) is 51.4 Å². The van der Waals surface area contributed by atoms with E-state index >= 15 is 0 Å². The highest BCUT2D eigenvalue weighted by Gasteiger charge is 2.28. The van der Waals surface area contributed by atoms with Crippen molar-refractivity contribution >= 4 is 13.7 Å². The Morgan fingerprint density at radius 2 is 0.750 bits per heavy atom. The summed E-state index contributed by atoms with van der Waals surface area (Å²) in [4.78, 5) is 23.3. The molecule has 76 heavy (non-hydrogen) atoms. The molecule has 0 saturated heterocycles. The molecule has 0 aliphatic rings. The number of quaternary nitrogens is 1. The molecule has 3 N–H and O–H groups in total. The Morgan fingerprint density at radius 1 is 0.447 bits per heavy atom. The highest BCUT2D eigenvalue weighted by Crippen LogP contribution is 2.43. The number of amides is 1. The lowest BCUT2D eigenvalue weighted by Gasteiger charge is -2.25. The van der Waals surface area contributed by atoms with E-state index in [0.717, 1.165) is 44.9 Å². The minimum absolute atomic E-state index is 0.0639. The predicted octanol–water partition coefficient (Wildman–Crippen LogP) is 20.9. The molecule has 0 aliphatic carbocycles. The maximum atomic E-state index is 13.0. The van der Waals surface area contributed by atoms with Crippen LogP contribution in [0.3, 0.4) is 0 Å². The first-order valence-electron chi connectivity index (χ1n) is 33.4. The molecule has 1 amide bonds. The van der Waals surface area contributed by atoms with E-state index in [1.54, 1.807) is 6.08 Å². The molecule has 0 heterocycles. The molecular formula is C67H132N2O6P+. The van der Waals surface area contributed by atoms with E-state index in [0.29, 0.717) is 17.4 Å². The fraction of sp³-hybridized carbons (Fsp3) is 0.896. The average Bonchev–Trinajstić information content (AvgIpc) is 3.38. The smallest absolute Gasteiger partial charge is 0.387 e. The van der Waals surface area contributed by atoms with Crippen molar-refractivity contribution < 1.29 is 32.9 Å². The van der Waals surface area contributed by atoms with Crippen molar-refractivity contribution in [3.8, 4) is 0 Å². The van der Waals surface area contributed by atoms with Gasteiger partial charge in [0.05, 0.1) is 39.9 Å². The predicted molar refractivity (Wildman–Crippen MR) is 332 cm³/mol. The largest absolute Gasteiger partial charge is 0.472 e. The average molecular weight is 1090 g/mol. The molecule has 0 aromatic rings. The van der Waals surface area contributed by atoms with Gasteiger partial charge in [-0.15, -0.1) is 0 Å². The summed E-state index contributed by atoms with van der Waals surface area (Å²) in [5, 5.41) is 13.9.